The van der Waals surface area contributed by atoms with Crippen molar-refractivity contribution in [2.24, 2.45) is 0 Å². The van der Waals surface area contributed by atoms with Crippen molar-refractivity contribution >= 4 is 41.2 Å². The highest BCUT2D eigenvalue weighted by atomic mass is 35.5. The fourth-order valence-electron chi connectivity index (χ4n) is 3.12. The summed E-state index contributed by atoms with van der Waals surface area (Å²) in [5.74, 6) is -0.303. The molecule has 136 valence electrons. The Labute approximate surface area is 162 Å². The molecule has 1 saturated heterocycles. The van der Waals surface area contributed by atoms with Crippen molar-refractivity contribution in [1.29, 1.82) is 0 Å². The smallest absolute Gasteiger partial charge is 0.316 e. The Bertz CT molecular complexity index is 931. The fourth-order valence-corrected chi connectivity index (χ4v) is 3.50. The van der Waals surface area contributed by atoms with Crippen molar-refractivity contribution in [3.05, 3.63) is 57.0 Å². The molecule has 3 rings (SSSR count). The van der Waals surface area contributed by atoms with Crippen LogP contribution in [0.3, 0.4) is 0 Å². The van der Waals surface area contributed by atoms with Crippen LogP contribution in [0.25, 0.3) is 11.8 Å². The molecule has 0 radical (unpaired) electrons. The van der Waals surface area contributed by atoms with E-state index >= 15 is 0 Å². The SMILES string of the molecule is CCCN1C(=O)N/C(=C/c2cc(C)n(-c3cccc(Cl)c3Cl)c2C)C1=O. The summed E-state index contributed by atoms with van der Waals surface area (Å²) >= 11 is 12.5. The first-order valence-electron chi connectivity index (χ1n) is 8.33. The third-order valence-electron chi connectivity index (χ3n) is 4.35. The number of imide groups is 1. The van der Waals surface area contributed by atoms with Crippen LogP contribution >= 0.6 is 23.2 Å². The number of aryl methyl sites for hydroxylation is 1. The molecule has 5 nitrogen and oxygen atoms in total. The molecule has 1 N–H and O–H groups in total. The molecule has 1 aromatic carbocycles. The van der Waals surface area contributed by atoms with Crippen LogP contribution < -0.4 is 5.32 Å². The van der Waals surface area contributed by atoms with Crippen LogP contribution in [0.4, 0.5) is 4.79 Å². The Morgan fingerprint density at radius 3 is 2.62 bits per heavy atom. The minimum atomic E-state index is -0.380. The molecule has 0 unspecified atom stereocenters. The van der Waals surface area contributed by atoms with E-state index in [2.05, 4.69) is 5.32 Å². The van der Waals surface area contributed by atoms with Gasteiger partial charge in [-0.05, 0) is 50.1 Å². The Morgan fingerprint density at radius 1 is 1.19 bits per heavy atom. The van der Waals surface area contributed by atoms with Gasteiger partial charge in [0.15, 0.2) is 0 Å². The fraction of sp³-hybridized carbons (Fsp3) is 0.263. The number of nitrogens with zero attached hydrogens (tertiary/aromatic N) is 2. The summed E-state index contributed by atoms with van der Waals surface area (Å²) in [6.07, 6.45) is 2.42. The molecule has 3 amide bonds. The highest BCUT2D eigenvalue weighted by Crippen LogP contribution is 2.32. The van der Waals surface area contributed by atoms with Crippen molar-refractivity contribution in [2.45, 2.75) is 27.2 Å². The second-order valence-electron chi connectivity index (χ2n) is 6.18. The number of carbonyl (C=O) groups excluding carboxylic acids is 2. The quantitative estimate of drug-likeness (QED) is 0.606. The number of hydrogen-bond acceptors (Lipinski definition) is 2. The van der Waals surface area contributed by atoms with E-state index in [1.807, 2.05) is 43.5 Å². The van der Waals surface area contributed by atoms with Crippen LogP contribution in [0.2, 0.25) is 10.0 Å². The monoisotopic (exact) mass is 391 g/mol. The Hall–Kier alpha value is -2.24. The number of urea groups is 1. The lowest BCUT2D eigenvalue weighted by molar-refractivity contribution is -0.122. The van der Waals surface area contributed by atoms with Gasteiger partial charge in [-0.2, -0.15) is 0 Å². The molecule has 0 atom stereocenters. The van der Waals surface area contributed by atoms with Gasteiger partial charge in [-0.15, -0.1) is 0 Å². The van der Waals surface area contributed by atoms with Crippen LogP contribution in [0.5, 0.6) is 0 Å². The third kappa shape index (κ3) is 3.13. The summed E-state index contributed by atoms with van der Waals surface area (Å²) < 4.78 is 1.98. The first-order valence-corrected chi connectivity index (χ1v) is 9.08. The van der Waals surface area contributed by atoms with E-state index in [1.165, 1.54) is 4.90 Å². The maximum absolute atomic E-state index is 12.4. The van der Waals surface area contributed by atoms with Crippen molar-refractivity contribution in [2.75, 3.05) is 6.54 Å². The summed E-state index contributed by atoms with van der Waals surface area (Å²) in [6, 6.07) is 7.02. The molecule has 2 aromatic rings. The second kappa shape index (κ2) is 7.17. The van der Waals surface area contributed by atoms with Crippen LogP contribution in [-0.4, -0.2) is 28.0 Å². The first kappa shape index (κ1) is 18.5. The highest BCUT2D eigenvalue weighted by molar-refractivity contribution is 6.43. The van der Waals surface area contributed by atoms with E-state index in [1.54, 1.807) is 12.1 Å². The average Bonchev–Trinajstić information content (AvgIpc) is 3.01. The molecule has 0 bridgehead atoms. The minimum Gasteiger partial charge on any atom is -0.316 e. The van der Waals surface area contributed by atoms with Gasteiger partial charge in [-0.3, -0.25) is 9.69 Å². The predicted molar refractivity (Wildman–Crippen MR) is 104 cm³/mol. The lowest BCUT2D eigenvalue weighted by Gasteiger charge is -2.12. The number of benzene rings is 1. The van der Waals surface area contributed by atoms with Crippen LogP contribution in [0.15, 0.2) is 30.0 Å². The molecule has 0 saturated carbocycles. The second-order valence-corrected chi connectivity index (χ2v) is 6.96. The standard InChI is InChI=1S/C19H19Cl2N3O2/c1-4-8-23-18(25)15(22-19(23)26)10-13-9-11(2)24(12(13)3)16-7-5-6-14(20)17(16)21/h5-7,9-10H,4,8H2,1-3H3,(H,22,26)/b15-10+. The van der Waals surface area contributed by atoms with Gasteiger partial charge in [0.25, 0.3) is 5.91 Å². The molecule has 1 fully saturated rings. The average molecular weight is 392 g/mol. The molecular weight excluding hydrogens is 373 g/mol. The van der Waals surface area contributed by atoms with Crippen molar-refractivity contribution < 1.29 is 9.59 Å². The van der Waals surface area contributed by atoms with E-state index in [9.17, 15) is 9.59 Å². The van der Waals surface area contributed by atoms with Gasteiger partial charge in [-0.1, -0.05) is 36.2 Å². The minimum absolute atomic E-state index is 0.279. The molecule has 2 heterocycles. The van der Waals surface area contributed by atoms with E-state index in [0.717, 1.165) is 22.6 Å². The number of halogens is 2. The maximum atomic E-state index is 12.4. The lowest BCUT2D eigenvalue weighted by Crippen LogP contribution is -2.31. The Kier molecular flexibility index (Phi) is 5.12. The molecule has 1 aromatic heterocycles. The van der Waals surface area contributed by atoms with Gasteiger partial charge >= 0.3 is 6.03 Å². The van der Waals surface area contributed by atoms with Crippen LogP contribution in [-0.2, 0) is 4.79 Å². The molecule has 0 spiro atoms. The number of amides is 3. The van der Waals surface area contributed by atoms with Gasteiger partial charge in [0.05, 0.1) is 15.7 Å². The highest BCUT2D eigenvalue weighted by Gasteiger charge is 2.32. The summed E-state index contributed by atoms with van der Waals surface area (Å²) in [7, 11) is 0. The van der Waals surface area contributed by atoms with Crippen LogP contribution in [0.1, 0.15) is 30.3 Å². The zero-order chi connectivity index (χ0) is 19.0. The van der Waals surface area contributed by atoms with Gasteiger partial charge in [0.1, 0.15) is 5.70 Å². The normalized spacial score (nSPS) is 15.9. The van der Waals surface area contributed by atoms with Gasteiger partial charge in [0.2, 0.25) is 0 Å². The zero-order valence-corrected chi connectivity index (χ0v) is 16.3. The summed E-state index contributed by atoms with van der Waals surface area (Å²) in [5.41, 5.74) is 3.73. The number of hydrogen-bond donors (Lipinski definition) is 1. The molecular formula is C19H19Cl2N3O2. The molecule has 1 aliphatic rings. The van der Waals surface area contributed by atoms with Crippen molar-refractivity contribution in [3.8, 4) is 5.69 Å². The largest absolute Gasteiger partial charge is 0.329 e. The Morgan fingerprint density at radius 2 is 1.92 bits per heavy atom. The number of rotatable bonds is 4. The van der Waals surface area contributed by atoms with Crippen molar-refractivity contribution in [3.63, 3.8) is 0 Å². The number of aromatic nitrogens is 1. The summed E-state index contributed by atoms with van der Waals surface area (Å²) in [4.78, 5) is 25.6. The van der Waals surface area contributed by atoms with Crippen LogP contribution in [0, 0.1) is 13.8 Å². The molecule has 7 heteroatoms. The van der Waals surface area contributed by atoms with E-state index in [-0.39, 0.29) is 17.6 Å². The number of carbonyl (C=O) groups is 2. The van der Waals surface area contributed by atoms with Crippen molar-refractivity contribution in [1.82, 2.24) is 14.8 Å². The predicted octanol–water partition coefficient (Wildman–Crippen LogP) is 4.70. The molecule has 26 heavy (non-hydrogen) atoms. The molecule has 1 aliphatic heterocycles. The van der Waals surface area contributed by atoms with Gasteiger partial charge in [0, 0.05) is 17.9 Å². The number of nitrogens with one attached hydrogen (secondary N) is 1. The topological polar surface area (TPSA) is 54.3 Å². The van der Waals surface area contributed by atoms with E-state index < -0.39 is 0 Å². The maximum Gasteiger partial charge on any atom is 0.329 e. The van der Waals surface area contributed by atoms with Gasteiger partial charge in [-0.25, -0.2) is 4.79 Å². The first-order chi connectivity index (χ1) is 12.3. The Balaban J connectivity index is 2.03. The zero-order valence-electron chi connectivity index (χ0n) is 14.8. The van der Waals surface area contributed by atoms with E-state index in [0.29, 0.717) is 23.0 Å². The van der Waals surface area contributed by atoms with E-state index in [4.69, 9.17) is 23.2 Å². The molecule has 0 aliphatic carbocycles. The third-order valence-corrected chi connectivity index (χ3v) is 5.16. The lowest BCUT2D eigenvalue weighted by atomic mass is 10.2. The summed E-state index contributed by atoms with van der Waals surface area (Å²) in [5, 5.41) is 3.59. The van der Waals surface area contributed by atoms with Gasteiger partial charge < -0.3 is 9.88 Å². The summed E-state index contributed by atoms with van der Waals surface area (Å²) in [6.45, 7) is 6.20.